The van der Waals surface area contributed by atoms with Crippen molar-refractivity contribution in [3.8, 4) is 11.4 Å². The second kappa shape index (κ2) is 9.61. The van der Waals surface area contributed by atoms with Crippen LogP contribution in [0.2, 0.25) is 0 Å². The van der Waals surface area contributed by atoms with Gasteiger partial charge >= 0.3 is 0 Å². The molecule has 0 spiro atoms. The van der Waals surface area contributed by atoms with Gasteiger partial charge in [-0.05, 0) is 31.5 Å². The lowest BCUT2D eigenvalue weighted by atomic mass is 10.1. The Balaban J connectivity index is 1.57. The fourth-order valence-electron chi connectivity index (χ4n) is 4.46. The Hall–Kier alpha value is -3.93. The molecule has 11 nitrogen and oxygen atoms in total. The van der Waals surface area contributed by atoms with Crippen LogP contribution >= 0.6 is 0 Å². The predicted octanol–water partition coefficient (Wildman–Crippen LogP) is 1.48. The Bertz CT molecular complexity index is 1390. The summed E-state index contributed by atoms with van der Waals surface area (Å²) < 4.78 is 7.26. The van der Waals surface area contributed by atoms with E-state index in [-0.39, 0.29) is 0 Å². The predicted molar refractivity (Wildman–Crippen MR) is 132 cm³/mol. The molecule has 1 aliphatic heterocycles. The van der Waals surface area contributed by atoms with E-state index in [0.717, 1.165) is 16.7 Å². The molecule has 1 amide bonds. The van der Waals surface area contributed by atoms with E-state index in [2.05, 4.69) is 57.6 Å². The number of aromatic nitrogens is 5. The first-order chi connectivity index (χ1) is 17.4. The maximum Gasteiger partial charge on any atom is 0.251 e. The molecule has 36 heavy (non-hydrogen) atoms. The summed E-state index contributed by atoms with van der Waals surface area (Å²) in [5.74, 6) is 0.360. The van der Waals surface area contributed by atoms with Gasteiger partial charge in [-0.25, -0.2) is 15.0 Å². The Morgan fingerprint density at radius 1 is 1.14 bits per heavy atom. The van der Waals surface area contributed by atoms with E-state index in [0.29, 0.717) is 34.9 Å². The Morgan fingerprint density at radius 3 is 2.61 bits per heavy atom. The highest BCUT2D eigenvalue weighted by molar-refractivity contribution is 5.85. The zero-order valence-corrected chi connectivity index (χ0v) is 20.1. The van der Waals surface area contributed by atoms with Gasteiger partial charge in [0.05, 0.1) is 6.33 Å². The van der Waals surface area contributed by atoms with Crippen LogP contribution in [-0.4, -0.2) is 66.0 Å². The van der Waals surface area contributed by atoms with Gasteiger partial charge in [0.1, 0.15) is 12.2 Å². The van der Waals surface area contributed by atoms with Gasteiger partial charge < -0.3 is 25.6 Å². The summed E-state index contributed by atoms with van der Waals surface area (Å²) in [4.78, 5) is 30.2. The molecule has 0 radical (unpaired) electrons. The highest BCUT2D eigenvalue weighted by atomic mass is 16.6. The number of fused-ring (bicyclic) bond motifs is 1. The molecule has 4 atom stereocenters. The molecule has 3 aromatic heterocycles. The molecule has 1 aromatic carbocycles. The van der Waals surface area contributed by atoms with Crippen LogP contribution in [0.4, 0.5) is 5.82 Å². The first-order valence-electron chi connectivity index (χ1n) is 11.5. The summed E-state index contributed by atoms with van der Waals surface area (Å²) in [5, 5.41) is 26.9. The van der Waals surface area contributed by atoms with E-state index in [4.69, 9.17) is 9.72 Å². The number of ether oxygens (including phenoxy) is 1. The van der Waals surface area contributed by atoms with Crippen molar-refractivity contribution in [2.75, 3.05) is 12.4 Å². The zero-order chi connectivity index (χ0) is 25.4. The number of hydrogen-bond donors (Lipinski definition) is 4. The van der Waals surface area contributed by atoms with Crippen molar-refractivity contribution in [2.45, 2.75) is 44.9 Å². The number of aliphatic hydroxyl groups is 2. The van der Waals surface area contributed by atoms with Crippen LogP contribution in [-0.2, 0) is 16.1 Å². The quantitative estimate of drug-likeness (QED) is 0.316. The Morgan fingerprint density at radius 2 is 1.92 bits per heavy atom. The van der Waals surface area contributed by atoms with Crippen LogP contribution in [0.15, 0.2) is 49.1 Å². The first kappa shape index (κ1) is 23.8. The molecule has 0 saturated carbocycles. The summed E-state index contributed by atoms with van der Waals surface area (Å²) in [7, 11) is 1.44. The number of aryl methyl sites for hydroxylation is 2. The van der Waals surface area contributed by atoms with Crippen molar-refractivity contribution in [3.63, 3.8) is 0 Å². The molecule has 1 saturated heterocycles. The third-order valence-corrected chi connectivity index (χ3v) is 6.10. The van der Waals surface area contributed by atoms with Crippen molar-refractivity contribution in [2.24, 2.45) is 0 Å². The largest absolute Gasteiger partial charge is 0.387 e. The molecule has 0 bridgehead atoms. The topological polar surface area (TPSA) is 147 Å². The number of hydrogen-bond acceptors (Lipinski definition) is 9. The molecule has 1 fully saturated rings. The zero-order valence-electron chi connectivity index (χ0n) is 20.1. The van der Waals surface area contributed by atoms with Crippen LogP contribution in [0, 0.1) is 13.8 Å². The van der Waals surface area contributed by atoms with Gasteiger partial charge in [-0.2, -0.15) is 0 Å². The van der Waals surface area contributed by atoms with Crippen molar-refractivity contribution >= 4 is 22.9 Å². The van der Waals surface area contributed by atoms with Crippen molar-refractivity contribution in [1.29, 1.82) is 0 Å². The molecule has 4 unspecified atom stereocenters. The number of rotatable bonds is 6. The molecular weight excluding hydrogens is 462 g/mol. The Labute approximate surface area is 207 Å². The van der Waals surface area contributed by atoms with Gasteiger partial charge in [0, 0.05) is 31.5 Å². The fraction of sp³-hybridized carbons (Fsp3) is 0.320. The summed E-state index contributed by atoms with van der Waals surface area (Å²) in [6.45, 7) is 4.61. The van der Waals surface area contributed by atoms with E-state index in [1.807, 2.05) is 6.07 Å². The maximum atomic E-state index is 12.1. The number of benzene rings is 1. The number of carbonyl (C=O) groups excluding carboxylic acids is 1. The number of nitrogens with one attached hydrogen (secondary N) is 2. The van der Waals surface area contributed by atoms with Gasteiger partial charge in [-0.3, -0.25) is 14.3 Å². The molecule has 1 aliphatic rings. The lowest BCUT2D eigenvalue weighted by Gasteiger charge is -2.17. The van der Waals surface area contributed by atoms with Crippen LogP contribution < -0.4 is 10.6 Å². The minimum atomic E-state index is -1.41. The van der Waals surface area contributed by atoms with Crippen molar-refractivity contribution < 1.29 is 19.7 Å². The molecule has 5 rings (SSSR count). The number of imidazole rings is 1. The molecule has 4 aromatic rings. The monoisotopic (exact) mass is 489 g/mol. The van der Waals surface area contributed by atoms with Gasteiger partial charge in [0.2, 0.25) is 0 Å². The highest BCUT2D eigenvalue weighted by Crippen LogP contribution is 2.33. The van der Waals surface area contributed by atoms with Gasteiger partial charge in [0.15, 0.2) is 35.1 Å². The van der Waals surface area contributed by atoms with E-state index in [1.54, 1.807) is 18.5 Å². The SMILES string of the molecule is CNC(=O)C1OC(n2cnc3c(NCc4cc(C)cc(C)c4)nc(-c4cccnc4)nc32)C(O)C1O. The third kappa shape index (κ3) is 4.39. The van der Waals surface area contributed by atoms with E-state index in [1.165, 1.54) is 17.9 Å². The number of anilines is 1. The van der Waals surface area contributed by atoms with Crippen LogP contribution in [0.3, 0.4) is 0 Å². The van der Waals surface area contributed by atoms with E-state index >= 15 is 0 Å². The number of carbonyl (C=O) groups is 1. The van der Waals surface area contributed by atoms with E-state index in [9.17, 15) is 15.0 Å². The standard InChI is InChI=1S/C25H27N7O4/c1-13-7-14(2)9-15(8-13)10-28-22-17-23(31-21(30-22)16-5-4-6-27-11-16)32(12-29-17)25-19(34)18(33)20(36-25)24(35)26-3/h4-9,11-12,18-20,25,33-34H,10H2,1-3H3,(H,26,35)(H,28,30,31). The second-order valence-corrected chi connectivity index (χ2v) is 8.85. The molecule has 186 valence electrons. The van der Waals surface area contributed by atoms with Crippen LogP contribution in [0.1, 0.15) is 22.9 Å². The number of pyridine rings is 1. The molecule has 4 N–H and O–H groups in total. The third-order valence-electron chi connectivity index (χ3n) is 6.10. The normalized spacial score (nSPS) is 21.6. The van der Waals surface area contributed by atoms with Crippen molar-refractivity contribution in [3.05, 3.63) is 65.7 Å². The summed E-state index contributed by atoms with van der Waals surface area (Å²) >= 11 is 0. The number of nitrogens with zero attached hydrogens (tertiary/aromatic N) is 5. The lowest BCUT2D eigenvalue weighted by molar-refractivity contribution is -0.137. The average Bonchev–Trinajstić information content (AvgIpc) is 3.42. The number of aliphatic hydroxyl groups excluding tert-OH is 2. The Kier molecular flexibility index (Phi) is 6.35. The van der Waals surface area contributed by atoms with Crippen molar-refractivity contribution in [1.82, 2.24) is 29.8 Å². The van der Waals surface area contributed by atoms with Gasteiger partial charge in [-0.1, -0.05) is 29.3 Å². The lowest BCUT2D eigenvalue weighted by Crippen LogP contribution is -2.41. The van der Waals surface area contributed by atoms with Crippen LogP contribution in [0.25, 0.3) is 22.6 Å². The molecule has 4 heterocycles. The minimum absolute atomic E-state index is 0.376. The maximum absolute atomic E-state index is 12.1. The smallest absolute Gasteiger partial charge is 0.251 e. The van der Waals surface area contributed by atoms with E-state index < -0.39 is 30.4 Å². The van der Waals surface area contributed by atoms with Crippen LogP contribution in [0.5, 0.6) is 0 Å². The fourth-order valence-corrected chi connectivity index (χ4v) is 4.46. The number of amides is 1. The molecular formula is C25H27N7O4. The summed E-state index contributed by atoms with van der Waals surface area (Å²) in [5.41, 5.74) is 4.94. The average molecular weight is 490 g/mol. The minimum Gasteiger partial charge on any atom is -0.387 e. The van der Waals surface area contributed by atoms with Gasteiger partial charge in [0.25, 0.3) is 5.91 Å². The highest BCUT2D eigenvalue weighted by Gasteiger charge is 2.47. The first-order valence-corrected chi connectivity index (χ1v) is 11.5. The number of likely N-dealkylation sites (N-methyl/N-ethyl adjacent to an activating group) is 1. The summed E-state index contributed by atoms with van der Waals surface area (Å²) in [6.07, 6.45) is -0.301. The summed E-state index contributed by atoms with van der Waals surface area (Å²) in [6, 6.07) is 9.94. The molecule has 0 aliphatic carbocycles. The molecule has 11 heteroatoms. The van der Waals surface area contributed by atoms with Gasteiger partial charge in [-0.15, -0.1) is 0 Å². The second-order valence-electron chi connectivity index (χ2n) is 8.85.